The van der Waals surface area contributed by atoms with E-state index in [-0.39, 0.29) is 36.1 Å². The Morgan fingerprint density at radius 1 is 1.00 bits per heavy atom. The molecule has 2 aromatic carbocycles. The van der Waals surface area contributed by atoms with Crippen molar-refractivity contribution in [2.75, 3.05) is 13.6 Å². The van der Waals surface area contributed by atoms with Crippen molar-refractivity contribution < 1.29 is 4.74 Å². The number of halogens is 1. The van der Waals surface area contributed by atoms with Crippen LogP contribution in [0.15, 0.2) is 65.7 Å². The summed E-state index contributed by atoms with van der Waals surface area (Å²) in [4.78, 5) is 4.27. The largest absolute Gasteiger partial charge is 0.489 e. The molecule has 4 nitrogen and oxygen atoms in total. The van der Waals surface area contributed by atoms with Gasteiger partial charge in [0, 0.05) is 7.05 Å². The lowest BCUT2D eigenvalue weighted by atomic mass is 10.1. The molecule has 0 radical (unpaired) electrons. The van der Waals surface area contributed by atoms with E-state index >= 15 is 0 Å². The fourth-order valence-electron chi connectivity index (χ4n) is 2.24. The molecule has 0 heterocycles. The molecule has 24 heavy (non-hydrogen) atoms. The number of hydrogen-bond donors (Lipinski definition) is 2. The van der Waals surface area contributed by atoms with Crippen molar-refractivity contribution in [1.82, 2.24) is 10.6 Å². The number of rotatable bonds is 6. The van der Waals surface area contributed by atoms with Gasteiger partial charge in [0.1, 0.15) is 11.9 Å². The van der Waals surface area contributed by atoms with Crippen molar-refractivity contribution in [3.05, 3.63) is 66.2 Å². The van der Waals surface area contributed by atoms with Crippen LogP contribution in [0.3, 0.4) is 0 Å². The van der Waals surface area contributed by atoms with Crippen LogP contribution in [-0.4, -0.2) is 25.7 Å². The van der Waals surface area contributed by atoms with E-state index in [9.17, 15) is 0 Å². The van der Waals surface area contributed by atoms with Crippen LogP contribution in [0, 0.1) is 0 Å². The number of nitrogens with one attached hydrogen (secondary N) is 2. The van der Waals surface area contributed by atoms with Gasteiger partial charge in [0.15, 0.2) is 5.96 Å². The molecule has 0 saturated carbocycles. The highest BCUT2D eigenvalue weighted by molar-refractivity contribution is 14.0. The molecule has 5 heteroatoms. The second-order valence-corrected chi connectivity index (χ2v) is 5.47. The average Bonchev–Trinajstić information content (AvgIpc) is 2.60. The highest BCUT2D eigenvalue weighted by Gasteiger charge is 2.09. The van der Waals surface area contributed by atoms with Gasteiger partial charge in [0.05, 0.1) is 12.6 Å². The first-order valence-corrected chi connectivity index (χ1v) is 7.93. The first-order chi connectivity index (χ1) is 11.2. The molecule has 2 rings (SSSR count). The van der Waals surface area contributed by atoms with Gasteiger partial charge < -0.3 is 15.4 Å². The molecular formula is C19H26IN3O. The fourth-order valence-corrected chi connectivity index (χ4v) is 2.24. The van der Waals surface area contributed by atoms with Crippen LogP contribution in [0.4, 0.5) is 0 Å². The van der Waals surface area contributed by atoms with Gasteiger partial charge in [-0.1, -0.05) is 48.5 Å². The van der Waals surface area contributed by atoms with Gasteiger partial charge in [-0.3, -0.25) is 4.99 Å². The van der Waals surface area contributed by atoms with E-state index < -0.39 is 0 Å². The smallest absolute Gasteiger partial charge is 0.191 e. The molecule has 0 amide bonds. The summed E-state index contributed by atoms with van der Waals surface area (Å²) >= 11 is 0. The van der Waals surface area contributed by atoms with E-state index in [1.165, 1.54) is 5.56 Å². The minimum atomic E-state index is 0. The van der Waals surface area contributed by atoms with E-state index in [1.54, 1.807) is 7.05 Å². The van der Waals surface area contributed by atoms with Gasteiger partial charge in [0.2, 0.25) is 0 Å². The van der Waals surface area contributed by atoms with E-state index in [0.29, 0.717) is 6.54 Å². The van der Waals surface area contributed by atoms with Crippen LogP contribution in [0.5, 0.6) is 5.75 Å². The van der Waals surface area contributed by atoms with Gasteiger partial charge in [0.25, 0.3) is 0 Å². The Kier molecular flexibility index (Phi) is 9.22. The Morgan fingerprint density at radius 3 is 2.17 bits per heavy atom. The van der Waals surface area contributed by atoms with E-state index in [1.807, 2.05) is 55.5 Å². The number of aliphatic imine (C=N–C) groups is 1. The molecule has 0 aliphatic rings. The summed E-state index contributed by atoms with van der Waals surface area (Å²) in [5.74, 6) is 1.65. The fraction of sp³-hybridized carbons (Fsp3) is 0.316. The maximum absolute atomic E-state index is 5.85. The third-order valence-electron chi connectivity index (χ3n) is 3.51. The van der Waals surface area contributed by atoms with Gasteiger partial charge in [-0.05, 0) is 31.5 Å². The van der Waals surface area contributed by atoms with E-state index in [0.717, 1.165) is 11.7 Å². The van der Waals surface area contributed by atoms with Crippen molar-refractivity contribution in [3.8, 4) is 5.75 Å². The second kappa shape index (κ2) is 10.9. The second-order valence-electron chi connectivity index (χ2n) is 5.47. The number of benzene rings is 2. The number of guanidine groups is 1. The lowest BCUT2D eigenvalue weighted by Gasteiger charge is -2.20. The number of para-hydroxylation sites is 1. The first kappa shape index (κ1) is 20.3. The summed E-state index contributed by atoms with van der Waals surface area (Å²) < 4.78 is 5.85. The van der Waals surface area contributed by atoms with Gasteiger partial charge >= 0.3 is 0 Å². The highest BCUT2D eigenvalue weighted by Crippen LogP contribution is 2.11. The molecule has 2 aromatic rings. The normalized spacial score (nSPS) is 13.4. The lowest BCUT2D eigenvalue weighted by Crippen LogP contribution is -2.42. The number of ether oxygens (including phenoxy) is 1. The lowest BCUT2D eigenvalue weighted by molar-refractivity contribution is 0.223. The topological polar surface area (TPSA) is 45.7 Å². The maximum atomic E-state index is 5.85. The summed E-state index contributed by atoms with van der Waals surface area (Å²) in [5, 5.41) is 6.69. The van der Waals surface area contributed by atoms with Crippen LogP contribution in [0.2, 0.25) is 0 Å². The molecule has 2 atom stereocenters. The monoisotopic (exact) mass is 439 g/mol. The standard InChI is InChI=1S/C19H25N3O.HI/c1-15(23-18-12-8-5-9-13-18)14-21-19(20-3)22-16(2)17-10-6-4-7-11-17;/h4-13,15-16H,14H2,1-3H3,(H2,20,21,22);1H. The van der Waals surface area contributed by atoms with E-state index in [2.05, 4.69) is 34.7 Å². The molecule has 0 aromatic heterocycles. The molecule has 0 aliphatic carbocycles. The zero-order valence-electron chi connectivity index (χ0n) is 14.4. The summed E-state index contributed by atoms with van der Waals surface area (Å²) in [6, 6.07) is 20.3. The highest BCUT2D eigenvalue weighted by atomic mass is 127. The zero-order chi connectivity index (χ0) is 16.5. The van der Waals surface area contributed by atoms with Crippen LogP contribution in [0.1, 0.15) is 25.5 Å². The third-order valence-corrected chi connectivity index (χ3v) is 3.51. The summed E-state index contributed by atoms with van der Waals surface area (Å²) in [6.07, 6.45) is 0.0444. The van der Waals surface area contributed by atoms with E-state index in [4.69, 9.17) is 4.74 Å². The minimum absolute atomic E-state index is 0. The van der Waals surface area contributed by atoms with Gasteiger partial charge in [-0.2, -0.15) is 0 Å². The molecule has 0 bridgehead atoms. The zero-order valence-corrected chi connectivity index (χ0v) is 16.7. The van der Waals surface area contributed by atoms with Crippen LogP contribution in [-0.2, 0) is 0 Å². The Balaban J connectivity index is 0.00000288. The van der Waals surface area contributed by atoms with Crippen molar-refractivity contribution in [2.45, 2.75) is 26.0 Å². The molecular weight excluding hydrogens is 413 g/mol. The minimum Gasteiger partial charge on any atom is -0.489 e. The molecule has 0 saturated heterocycles. The molecule has 2 N–H and O–H groups in total. The van der Waals surface area contributed by atoms with Gasteiger partial charge in [-0.25, -0.2) is 0 Å². The Bertz CT molecular complexity index is 605. The average molecular weight is 439 g/mol. The predicted octanol–water partition coefficient (Wildman–Crippen LogP) is 4.00. The summed E-state index contributed by atoms with van der Waals surface area (Å²) in [6.45, 7) is 4.83. The first-order valence-electron chi connectivity index (χ1n) is 7.93. The molecule has 0 fully saturated rings. The Morgan fingerprint density at radius 2 is 1.58 bits per heavy atom. The van der Waals surface area contributed by atoms with Crippen molar-refractivity contribution in [3.63, 3.8) is 0 Å². The van der Waals surface area contributed by atoms with Gasteiger partial charge in [-0.15, -0.1) is 24.0 Å². The summed E-state index contributed by atoms with van der Waals surface area (Å²) in [5.41, 5.74) is 1.23. The van der Waals surface area contributed by atoms with Crippen LogP contribution in [0.25, 0.3) is 0 Å². The molecule has 2 unspecified atom stereocenters. The third kappa shape index (κ3) is 6.78. The van der Waals surface area contributed by atoms with Crippen molar-refractivity contribution in [1.29, 1.82) is 0 Å². The molecule has 0 spiro atoms. The maximum Gasteiger partial charge on any atom is 0.191 e. The summed E-state index contributed by atoms with van der Waals surface area (Å²) in [7, 11) is 1.77. The van der Waals surface area contributed by atoms with Crippen molar-refractivity contribution in [2.24, 2.45) is 4.99 Å². The number of nitrogens with zero attached hydrogens (tertiary/aromatic N) is 1. The number of hydrogen-bond acceptors (Lipinski definition) is 2. The van der Waals surface area contributed by atoms with Crippen LogP contribution < -0.4 is 15.4 Å². The Labute approximate surface area is 161 Å². The quantitative estimate of drug-likeness (QED) is 0.407. The molecule has 0 aliphatic heterocycles. The SMILES string of the molecule is CN=C(NCC(C)Oc1ccccc1)NC(C)c1ccccc1.I. The molecule has 130 valence electrons. The van der Waals surface area contributed by atoms with Crippen LogP contribution >= 0.6 is 24.0 Å². The van der Waals surface area contributed by atoms with Crippen molar-refractivity contribution >= 4 is 29.9 Å². The predicted molar refractivity (Wildman–Crippen MR) is 111 cm³/mol. The Hall–Kier alpha value is -1.76.